The van der Waals surface area contributed by atoms with Gasteiger partial charge in [0.05, 0.1) is 12.4 Å². The normalized spacial score (nSPS) is 17.4. The second-order valence-corrected chi connectivity index (χ2v) is 8.11. The standard InChI is InChI=1S/C17H28N2O3S/c1-22-13-12-19-10-7-17(8-11-19)15-18-23(20,21)14-9-16-5-3-2-4-6-16/h2-6,17-18H,7-15H2,1H3. The third kappa shape index (κ3) is 6.99. The first-order chi connectivity index (χ1) is 11.1. The Morgan fingerprint density at radius 3 is 2.57 bits per heavy atom. The Morgan fingerprint density at radius 1 is 1.22 bits per heavy atom. The molecule has 0 atom stereocenters. The highest BCUT2D eigenvalue weighted by atomic mass is 32.2. The molecule has 23 heavy (non-hydrogen) atoms. The van der Waals surface area contributed by atoms with Crippen molar-refractivity contribution >= 4 is 10.0 Å². The number of aryl methyl sites for hydroxylation is 1. The van der Waals surface area contributed by atoms with E-state index in [1.165, 1.54) is 0 Å². The largest absolute Gasteiger partial charge is 0.383 e. The highest BCUT2D eigenvalue weighted by molar-refractivity contribution is 7.89. The number of sulfonamides is 1. The number of nitrogens with one attached hydrogen (secondary N) is 1. The van der Waals surface area contributed by atoms with Crippen LogP contribution in [0.4, 0.5) is 0 Å². The topological polar surface area (TPSA) is 58.6 Å². The van der Waals surface area contributed by atoms with Crippen molar-refractivity contribution in [2.75, 3.05) is 45.6 Å². The summed E-state index contributed by atoms with van der Waals surface area (Å²) < 4.78 is 32.1. The van der Waals surface area contributed by atoms with Gasteiger partial charge in [0.1, 0.15) is 0 Å². The van der Waals surface area contributed by atoms with Gasteiger partial charge in [-0.2, -0.15) is 0 Å². The summed E-state index contributed by atoms with van der Waals surface area (Å²) in [4.78, 5) is 2.38. The summed E-state index contributed by atoms with van der Waals surface area (Å²) in [6.07, 6.45) is 2.65. The molecule has 1 aromatic rings. The molecule has 1 N–H and O–H groups in total. The molecule has 1 heterocycles. The predicted octanol–water partition coefficient (Wildman–Crippen LogP) is 1.51. The summed E-state index contributed by atoms with van der Waals surface area (Å²) >= 11 is 0. The van der Waals surface area contributed by atoms with E-state index in [1.54, 1.807) is 7.11 Å². The molecule has 2 rings (SSSR count). The number of hydrogen-bond donors (Lipinski definition) is 1. The first kappa shape index (κ1) is 18.4. The second kappa shape index (κ2) is 9.37. The van der Waals surface area contributed by atoms with Gasteiger partial charge in [0.15, 0.2) is 0 Å². The lowest BCUT2D eigenvalue weighted by Crippen LogP contribution is -2.40. The third-order valence-corrected chi connectivity index (χ3v) is 5.76. The van der Waals surface area contributed by atoms with E-state index >= 15 is 0 Å². The maximum absolute atomic E-state index is 12.1. The average Bonchev–Trinajstić information content (AvgIpc) is 2.58. The Kier molecular flexibility index (Phi) is 7.49. The van der Waals surface area contributed by atoms with Gasteiger partial charge in [0.25, 0.3) is 0 Å². The summed E-state index contributed by atoms with van der Waals surface area (Å²) in [5.74, 6) is 0.601. The quantitative estimate of drug-likeness (QED) is 0.740. The van der Waals surface area contributed by atoms with Gasteiger partial charge in [-0.3, -0.25) is 0 Å². The highest BCUT2D eigenvalue weighted by Gasteiger charge is 2.20. The minimum absolute atomic E-state index is 0.156. The lowest BCUT2D eigenvalue weighted by atomic mass is 9.97. The summed E-state index contributed by atoms with van der Waals surface area (Å²) in [6, 6.07) is 9.74. The van der Waals surface area contributed by atoms with Crippen molar-refractivity contribution in [3.63, 3.8) is 0 Å². The first-order valence-corrected chi connectivity index (χ1v) is 9.97. The van der Waals surface area contributed by atoms with E-state index < -0.39 is 10.0 Å². The van der Waals surface area contributed by atoms with Crippen LogP contribution < -0.4 is 4.72 Å². The van der Waals surface area contributed by atoms with Crippen LogP contribution in [0.15, 0.2) is 30.3 Å². The minimum Gasteiger partial charge on any atom is -0.383 e. The highest BCUT2D eigenvalue weighted by Crippen LogP contribution is 2.16. The molecule has 130 valence electrons. The number of hydrogen-bond acceptors (Lipinski definition) is 4. The zero-order valence-electron chi connectivity index (χ0n) is 13.9. The molecule has 1 aliphatic rings. The molecular weight excluding hydrogens is 312 g/mol. The van der Waals surface area contributed by atoms with E-state index in [-0.39, 0.29) is 5.75 Å². The summed E-state index contributed by atoms with van der Waals surface area (Å²) in [6.45, 7) is 4.34. The van der Waals surface area contributed by atoms with Gasteiger partial charge in [-0.05, 0) is 43.8 Å². The Labute approximate surface area is 140 Å². The maximum atomic E-state index is 12.1. The summed E-state index contributed by atoms with van der Waals surface area (Å²) in [5.41, 5.74) is 1.06. The van der Waals surface area contributed by atoms with E-state index in [4.69, 9.17) is 4.74 Å². The van der Waals surface area contributed by atoms with Crippen molar-refractivity contribution in [3.8, 4) is 0 Å². The third-order valence-electron chi connectivity index (χ3n) is 4.41. The van der Waals surface area contributed by atoms with E-state index in [1.807, 2.05) is 30.3 Å². The molecule has 1 fully saturated rings. The lowest BCUT2D eigenvalue weighted by molar-refractivity contribution is 0.121. The van der Waals surface area contributed by atoms with Gasteiger partial charge in [-0.15, -0.1) is 0 Å². The van der Waals surface area contributed by atoms with Crippen molar-refractivity contribution in [1.29, 1.82) is 0 Å². The molecule has 0 amide bonds. The predicted molar refractivity (Wildman–Crippen MR) is 93.0 cm³/mol. The van der Waals surface area contributed by atoms with Crippen LogP contribution in [0.3, 0.4) is 0 Å². The van der Waals surface area contributed by atoms with Crippen LogP contribution in [0.2, 0.25) is 0 Å². The van der Waals surface area contributed by atoms with Gasteiger partial charge in [-0.1, -0.05) is 30.3 Å². The molecule has 0 saturated carbocycles. The van der Waals surface area contributed by atoms with Gasteiger partial charge >= 0.3 is 0 Å². The molecule has 0 bridgehead atoms. The van der Waals surface area contributed by atoms with Crippen molar-refractivity contribution in [3.05, 3.63) is 35.9 Å². The Bertz CT molecular complexity index is 540. The first-order valence-electron chi connectivity index (χ1n) is 8.31. The van der Waals surface area contributed by atoms with Gasteiger partial charge < -0.3 is 9.64 Å². The van der Waals surface area contributed by atoms with E-state index in [2.05, 4.69) is 9.62 Å². The molecule has 1 saturated heterocycles. The molecule has 6 heteroatoms. The maximum Gasteiger partial charge on any atom is 0.211 e. The van der Waals surface area contributed by atoms with Gasteiger partial charge in [0, 0.05) is 20.2 Å². The van der Waals surface area contributed by atoms with Gasteiger partial charge in [-0.25, -0.2) is 13.1 Å². The van der Waals surface area contributed by atoms with E-state index in [9.17, 15) is 8.42 Å². The van der Waals surface area contributed by atoms with Crippen LogP contribution in [-0.2, 0) is 21.2 Å². The lowest BCUT2D eigenvalue weighted by Gasteiger charge is -2.31. The number of nitrogens with zero attached hydrogens (tertiary/aromatic N) is 1. The Balaban J connectivity index is 1.67. The monoisotopic (exact) mass is 340 g/mol. The van der Waals surface area contributed by atoms with Crippen molar-refractivity contribution in [1.82, 2.24) is 9.62 Å². The zero-order chi connectivity index (χ0) is 16.5. The van der Waals surface area contributed by atoms with Gasteiger partial charge in [0.2, 0.25) is 10.0 Å². The van der Waals surface area contributed by atoms with E-state index in [0.29, 0.717) is 18.9 Å². The number of piperidine rings is 1. The number of benzene rings is 1. The SMILES string of the molecule is COCCN1CCC(CNS(=O)(=O)CCc2ccccc2)CC1. The smallest absolute Gasteiger partial charge is 0.211 e. The molecular formula is C17H28N2O3S. The molecule has 5 nitrogen and oxygen atoms in total. The Morgan fingerprint density at radius 2 is 1.91 bits per heavy atom. The fraction of sp³-hybridized carbons (Fsp3) is 0.647. The Hall–Kier alpha value is -0.950. The minimum atomic E-state index is -3.19. The summed E-state index contributed by atoms with van der Waals surface area (Å²) in [5, 5.41) is 0. The number of methoxy groups -OCH3 is 1. The van der Waals surface area contributed by atoms with Crippen molar-refractivity contribution in [2.24, 2.45) is 5.92 Å². The molecule has 1 aromatic carbocycles. The fourth-order valence-corrected chi connectivity index (χ4v) is 3.99. The fourth-order valence-electron chi connectivity index (χ4n) is 2.85. The molecule has 0 spiro atoms. The van der Waals surface area contributed by atoms with Crippen LogP contribution in [0.5, 0.6) is 0 Å². The molecule has 1 aliphatic heterocycles. The molecule has 0 aliphatic carbocycles. The number of ether oxygens (including phenoxy) is 1. The average molecular weight is 340 g/mol. The zero-order valence-corrected chi connectivity index (χ0v) is 14.7. The van der Waals surface area contributed by atoms with Crippen LogP contribution in [0.25, 0.3) is 0 Å². The van der Waals surface area contributed by atoms with Crippen LogP contribution >= 0.6 is 0 Å². The van der Waals surface area contributed by atoms with Crippen LogP contribution in [-0.4, -0.2) is 59.0 Å². The second-order valence-electron chi connectivity index (χ2n) is 6.18. The van der Waals surface area contributed by atoms with E-state index in [0.717, 1.165) is 44.6 Å². The molecule has 0 radical (unpaired) electrons. The van der Waals surface area contributed by atoms with Crippen LogP contribution in [0.1, 0.15) is 18.4 Å². The van der Waals surface area contributed by atoms with Crippen molar-refractivity contribution in [2.45, 2.75) is 19.3 Å². The molecule has 0 unspecified atom stereocenters. The van der Waals surface area contributed by atoms with Crippen molar-refractivity contribution < 1.29 is 13.2 Å². The molecule has 0 aromatic heterocycles. The van der Waals surface area contributed by atoms with Crippen LogP contribution in [0, 0.1) is 5.92 Å². The number of rotatable bonds is 9. The summed E-state index contributed by atoms with van der Waals surface area (Å²) in [7, 11) is -1.47. The number of likely N-dealkylation sites (tertiary alicyclic amines) is 1.